The van der Waals surface area contributed by atoms with Crippen LogP contribution in [0.25, 0.3) is 0 Å². The molecule has 0 unspecified atom stereocenters. The Morgan fingerprint density at radius 2 is 1.87 bits per heavy atom. The van der Waals surface area contributed by atoms with Crippen LogP contribution >= 0.6 is 0 Å². The normalized spacial score (nSPS) is 10.5. The first-order valence-corrected chi connectivity index (χ1v) is 9.86. The Morgan fingerprint density at radius 1 is 1.03 bits per heavy atom. The molecule has 2 N–H and O–H groups in total. The Hall–Kier alpha value is -3.52. The van der Waals surface area contributed by atoms with Gasteiger partial charge in [0.2, 0.25) is 0 Å². The second kappa shape index (κ2) is 11.5. The van der Waals surface area contributed by atoms with E-state index < -0.39 is 11.8 Å². The Kier molecular flexibility index (Phi) is 8.11. The molecule has 8 nitrogen and oxygen atoms in total. The van der Waals surface area contributed by atoms with E-state index >= 15 is 0 Å². The number of hydrogen-bond donors (Lipinski definition) is 2. The summed E-state index contributed by atoms with van der Waals surface area (Å²) in [4.78, 5) is 32.2. The zero-order valence-electron chi connectivity index (χ0n) is 16.7. The maximum atomic E-state index is 12.1. The third-order valence-electron chi connectivity index (χ3n) is 4.35. The molecule has 0 saturated heterocycles. The second-order valence-corrected chi connectivity index (χ2v) is 6.65. The number of aryl methyl sites for hydroxylation is 1. The first kappa shape index (κ1) is 21.2. The monoisotopic (exact) mass is 407 g/mol. The van der Waals surface area contributed by atoms with Gasteiger partial charge in [-0.1, -0.05) is 36.4 Å². The minimum Gasteiger partial charge on any atom is -0.444 e. The van der Waals surface area contributed by atoms with Gasteiger partial charge in [-0.2, -0.15) is 4.98 Å². The van der Waals surface area contributed by atoms with Crippen molar-refractivity contribution in [3.63, 3.8) is 0 Å². The molecule has 8 heteroatoms. The number of carbonyl (C=O) groups is 1. The van der Waals surface area contributed by atoms with Gasteiger partial charge >= 0.3 is 11.8 Å². The van der Waals surface area contributed by atoms with Crippen molar-refractivity contribution in [3.8, 4) is 0 Å². The molecular formula is C22H25N5O3. The van der Waals surface area contributed by atoms with Crippen molar-refractivity contribution in [3.05, 3.63) is 88.7 Å². The van der Waals surface area contributed by atoms with E-state index in [9.17, 15) is 9.59 Å². The van der Waals surface area contributed by atoms with Crippen molar-refractivity contribution in [2.24, 2.45) is 0 Å². The Labute approximate surface area is 175 Å². The van der Waals surface area contributed by atoms with Gasteiger partial charge in [0.1, 0.15) is 12.4 Å². The van der Waals surface area contributed by atoms with Gasteiger partial charge in [0.25, 0.3) is 0 Å². The fourth-order valence-corrected chi connectivity index (χ4v) is 2.79. The fraction of sp³-hybridized carbons (Fsp3) is 0.273. The molecule has 0 radical (unpaired) electrons. The number of benzene rings is 1. The zero-order chi connectivity index (χ0) is 21.0. The number of carbonyl (C=O) groups excluding carboxylic acids is 1. The lowest BCUT2D eigenvalue weighted by atomic mass is 10.2. The fourth-order valence-electron chi connectivity index (χ4n) is 2.79. The van der Waals surface area contributed by atoms with Crippen LogP contribution in [0.2, 0.25) is 0 Å². The standard InChI is InChI=1S/C22H25N5O3/c28-21-25-20(26-22(29)30-17-18-7-2-1-3-8-18)11-16-27(21)15-6-12-23-14-10-19-9-4-5-13-24-19/h1-5,7-9,11,13,16,23H,6,10,12,14-15,17H2,(H,25,26,28,29). The van der Waals surface area contributed by atoms with Gasteiger partial charge in [0.05, 0.1) is 0 Å². The molecule has 0 fully saturated rings. The third-order valence-corrected chi connectivity index (χ3v) is 4.35. The topological polar surface area (TPSA) is 98.1 Å². The van der Waals surface area contributed by atoms with Crippen LogP contribution in [0, 0.1) is 0 Å². The highest BCUT2D eigenvalue weighted by molar-refractivity contribution is 5.83. The number of hydrogen-bond acceptors (Lipinski definition) is 6. The average molecular weight is 407 g/mol. The minimum atomic E-state index is -0.652. The van der Waals surface area contributed by atoms with E-state index in [1.807, 2.05) is 48.5 Å². The number of rotatable bonds is 10. The maximum Gasteiger partial charge on any atom is 0.413 e. The van der Waals surface area contributed by atoms with E-state index in [1.165, 1.54) is 4.57 Å². The Morgan fingerprint density at radius 3 is 2.63 bits per heavy atom. The van der Waals surface area contributed by atoms with Gasteiger partial charge in [0.15, 0.2) is 0 Å². The van der Waals surface area contributed by atoms with Gasteiger partial charge < -0.3 is 10.1 Å². The first-order chi connectivity index (χ1) is 14.7. The lowest BCUT2D eigenvalue weighted by molar-refractivity contribution is 0.155. The summed E-state index contributed by atoms with van der Waals surface area (Å²) in [5.74, 6) is 0.169. The summed E-state index contributed by atoms with van der Waals surface area (Å²) >= 11 is 0. The summed E-state index contributed by atoms with van der Waals surface area (Å²) in [5.41, 5.74) is 1.52. The molecule has 0 bridgehead atoms. The van der Waals surface area contributed by atoms with Crippen LogP contribution in [0.3, 0.4) is 0 Å². The third kappa shape index (κ3) is 7.14. The van der Waals surface area contributed by atoms with Gasteiger partial charge in [0, 0.05) is 37.6 Å². The molecular weight excluding hydrogens is 382 g/mol. The van der Waals surface area contributed by atoms with Crippen molar-refractivity contribution in [2.45, 2.75) is 26.0 Å². The second-order valence-electron chi connectivity index (χ2n) is 6.65. The van der Waals surface area contributed by atoms with Crippen LogP contribution in [0.4, 0.5) is 10.6 Å². The molecule has 3 rings (SSSR count). The molecule has 0 atom stereocenters. The van der Waals surface area contributed by atoms with Crippen molar-refractivity contribution >= 4 is 11.9 Å². The number of nitrogens with one attached hydrogen (secondary N) is 2. The molecule has 2 heterocycles. The summed E-state index contributed by atoms with van der Waals surface area (Å²) in [6.45, 7) is 2.31. The average Bonchev–Trinajstić information content (AvgIpc) is 2.77. The number of pyridine rings is 1. The first-order valence-electron chi connectivity index (χ1n) is 9.86. The zero-order valence-corrected chi connectivity index (χ0v) is 16.7. The summed E-state index contributed by atoms with van der Waals surface area (Å²) in [6.07, 6.45) is 4.41. The molecule has 1 aromatic carbocycles. The van der Waals surface area contributed by atoms with E-state index in [-0.39, 0.29) is 12.4 Å². The maximum absolute atomic E-state index is 12.1. The van der Waals surface area contributed by atoms with Crippen molar-refractivity contribution in [2.75, 3.05) is 18.4 Å². The molecule has 30 heavy (non-hydrogen) atoms. The summed E-state index contributed by atoms with van der Waals surface area (Å²) in [5, 5.41) is 5.82. The lowest BCUT2D eigenvalue weighted by Gasteiger charge is -2.09. The predicted octanol–water partition coefficient (Wildman–Crippen LogP) is 2.61. The molecule has 0 aliphatic heterocycles. The van der Waals surface area contributed by atoms with Crippen LogP contribution in [-0.4, -0.2) is 33.7 Å². The van der Waals surface area contributed by atoms with E-state index in [0.717, 1.165) is 37.2 Å². The highest BCUT2D eigenvalue weighted by Crippen LogP contribution is 2.04. The van der Waals surface area contributed by atoms with E-state index in [0.29, 0.717) is 6.54 Å². The largest absolute Gasteiger partial charge is 0.444 e. The quantitative estimate of drug-likeness (QED) is 0.502. The Balaban J connectivity index is 1.36. The van der Waals surface area contributed by atoms with Crippen LogP contribution in [0.5, 0.6) is 0 Å². The van der Waals surface area contributed by atoms with Gasteiger partial charge in [-0.3, -0.25) is 14.9 Å². The molecule has 0 aliphatic rings. The summed E-state index contributed by atoms with van der Waals surface area (Å²) in [6, 6.07) is 16.8. The van der Waals surface area contributed by atoms with Crippen LogP contribution in [0.1, 0.15) is 17.7 Å². The van der Waals surface area contributed by atoms with Gasteiger partial charge in [-0.25, -0.2) is 9.59 Å². The SMILES string of the molecule is O=C(Nc1ccn(CCCNCCc2ccccn2)c(=O)n1)OCc1ccccc1. The van der Waals surface area contributed by atoms with Crippen molar-refractivity contribution in [1.82, 2.24) is 19.9 Å². The molecule has 1 amide bonds. The lowest BCUT2D eigenvalue weighted by Crippen LogP contribution is -2.27. The van der Waals surface area contributed by atoms with E-state index in [4.69, 9.17) is 4.74 Å². The number of ether oxygens (including phenoxy) is 1. The molecule has 0 aliphatic carbocycles. The number of nitrogens with zero attached hydrogens (tertiary/aromatic N) is 3. The molecule has 0 spiro atoms. The van der Waals surface area contributed by atoms with E-state index in [2.05, 4.69) is 20.6 Å². The molecule has 156 valence electrons. The highest BCUT2D eigenvalue weighted by atomic mass is 16.5. The number of anilines is 1. The molecule has 3 aromatic rings. The van der Waals surface area contributed by atoms with E-state index in [1.54, 1.807) is 18.5 Å². The van der Waals surface area contributed by atoms with Crippen LogP contribution < -0.4 is 16.3 Å². The smallest absolute Gasteiger partial charge is 0.413 e. The molecule has 0 saturated carbocycles. The number of aromatic nitrogens is 3. The van der Waals surface area contributed by atoms with Gasteiger partial charge in [-0.05, 0) is 36.7 Å². The predicted molar refractivity (Wildman–Crippen MR) is 114 cm³/mol. The van der Waals surface area contributed by atoms with Crippen LogP contribution in [-0.2, 0) is 24.3 Å². The van der Waals surface area contributed by atoms with Gasteiger partial charge in [-0.15, -0.1) is 0 Å². The number of amides is 1. The Bertz CT molecular complexity index is 977. The molecule has 2 aromatic heterocycles. The summed E-state index contributed by atoms with van der Waals surface area (Å²) in [7, 11) is 0. The van der Waals surface area contributed by atoms with Crippen molar-refractivity contribution < 1.29 is 9.53 Å². The minimum absolute atomic E-state index is 0.150. The summed E-state index contributed by atoms with van der Waals surface area (Å²) < 4.78 is 6.64. The van der Waals surface area contributed by atoms with Crippen molar-refractivity contribution in [1.29, 1.82) is 0 Å². The highest BCUT2D eigenvalue weighted by Gasteiger charge is 2.06. The van der Waals surface area contributed by atoms with Crippen LogP contribution in [0.15, 0.2) is 71.8 Å².